The van der Waals surface area contributed by atoms with Gasteiger partial charge in [-0.1, -0.05) is 13.3 Å². The molecule has 0 spiro atoms. The summed E-state index contributed by atoms with van der Waals surface area (Å²) in [4.78, 5) is 0. The Bertz CT molecular complexity index is 83.0. The van der Waals surface area contributed by atoms with Gasteiger partial charge in [0.1, 0.15) is 6.10 Å². The van der Waals surface area contributed by atoms with Crippen molar-refractivity contribution in [3.8, 4) is 0 Å². The first-order chi connectivity index (χ1) is 4.34. The summed E-state index contributed by atoms with van der Waals surface area (Å²) in [6.07, 6.45) is 2.81. The summed E-state index contributed by atoms with van der Waals surface area (Å²) in [6.45, 7) is 5.03. The maximum absolute atomic E-state index is 5.28. The molecule has 1 saturated heterocycles. The zero-order chi connectivity index (χ0) is 6.69. The van der Waals surface area contributed by atoms with E-state index < -0.39 is 0 Å². The lowest BCUT2D eigenvalue weighted by molar-refractivity contribution is 0.0486. The first-order valence-electron chi connectivity index (χ1n) is 3.61. The van der Waals surface area contributed by atoms with Crippen LogP contribution in [-0.4, -0.2) is 19.0 Å². The fourth-order valence-corrected chi connectivity index (χ4v) is 0.685. The predicted molar refractivity (Wildman–Crippen MR) is 35.2 cm³/mol. The third kappa shape index (κ3) is 2.33. The summed E-state index contributed by atoms with van der Waals surface area (Å²) in [5, 5.41) is 0. The van der Waals surface area contributed by atoms with Gasteiger partial charge in [0.2, 0.25) is 0 Å². The molecule has 2 heteroatoms. The molecule has 0 radical (unpaired) electrons. The molecule has 0 aromatic rings. The SMILES string of the molecule is CCCCOC1OC1C. The van der Waals surface area contributed by atoms with E-state index in [2.05, 4.69) is 6.92 Å². The van der Waals surface area contributed by atoms with E-state index in [9.17, 15) is 0 Å². The van der Waals surface area contributed by atoms with Crippen molar-refractivity contribution in [2.45, 2.75) is 39.1 Å². The van der Waals surface area contributed by atoms with Crippen LogP contribution in [0.25, 0.3) is 0 Å². The molecule has 0 saturated carbocycles. The van der Waals surface area contributed by atoms with Crippen LogP contribution in [0.3, 0.4) is 0 Å². The molecule has 1 aliphatic rings. The highest BCUT2D eigenvalue weighted by Crippen LogP contribution is 2.21. The first kappa shape index (κ1) is 7.03. The van der Waals surface area contributed by atoms with Gasteiger partial charge in [0.25, 0.3) is 0 Å². The second-order valence-corrected chi connectivity index (χ2v) is 2.43. The molecular weight excluding hydrogens is 116 g/mol. The lowest BCUT2D eigenvalue weighted by Crippen LogP contribution is -1.99. The molecule has 0 bridgehead atoms. The second kappa shape index (κ2) is 3.18. The van der Waals surface area contributed by atoms with E-state index in [1.54, 1.807) is 0 Å². The molecule has 1 rings (SSSR count). The molecule has 2 atom stereocenters. The molecule has 2 unspecified atom stereocenters. The van der Waals surface area contributed by atoms with Gasteiger partial charge in [-0.15, -0.1) is 0 Å². The van der Waals surface area contributed by atoms with Crippen molar-refractivity contribution in [2.24, 2.45) is 0 Å². The van der Waals surface area contributed by atoms with E-state index in [0.717, 1.165) is 13.0 Å². The van der Waals surface area contributed by atoms with Crippen molar-refractivity contribution < 1.29 is 9.47 Å². The highest BCUT2D eigenvalue weighted by molar-refractivity contribution is 4.69. The van der Waals surface area contributed by atoms with E-state index in [1.165, 1.54) is 6.42 Å². The molecule has 0 N–H and O–H groups in total. The van der Waals surface area contributed by atoms with E-state index in [4.69, 9.17) is 9.47 Å². The van der Waals surface area contributed by atoms with Crippen LogP contribution in [0.2, 0.25) is 0 Å². The van der Waals surface area contributed by atoms with Crippen LogP contribution in [0, 0.1) is 0 Å². The van der Waals surface area contributed by atoms with Crippen molar-refractivity contribution in [2.75, 3.05) is 6.61 Å². The van der Waals surface area contributed by atoms with Gasteiger partial charge in [-0.25, -0.2) is 0 Å². The Morgan fingerprint density at radius 2 is 2.22 bits per heavy atom. The molecule has 0 aromatic carbocycles. The van der Waals surface area contributed by atoms with Crippen LogP contribution in [0.1, 0.15) is 26.7 Å². The van der Waals surface area contributed by atoms with Crippen molar-refractivity contribution in [3.63, 3.8) is 0 Å². The monoisotopic (exact) mass is 130 g/mol. The molecular formula is C7H14O2. The molecule has 54 valence electrons. The summed E-state index contributed by atoms with van der Waals surface area (Å²) < 4.78 is 10.3. The molecule has 1 heterocycles. The number of hydrogen-bond acceptors (Lipinski definition) is 2. The molecule has 0 aromatic heterocycles. The average molecular weight is 130 g/mol. The number of epoxide rings is 1. The number of ether oxygens (including phenoxy) is 2. The molecule has 0 aliphatic carbocycles. The van der Waals surface area contributed by atoms with Crippen LogP contribution in [-0.2, 0) is 9.47 Å². The minimum absolute atomic E-state index is 0.122. The molecule has 2 nitrogen and oxygen atoms in total. The zero-order valence-corrected chi connectivity index (χ0v) is 6.09. The largest absolute Gasteiger partial charge is 0.350 e. The summed E-state index contributed by atoms with van der Waals surface area (Å²) in [6, 6.07) is 0. The highest BCUT2D eigenvalue weighted by atomic mass is 16.8. The maximum Gasteiger partial charge on any atom is 0.184 e. The number of hydrogen-bond donors (Lipinski definition) is 0. The number of unbranched alkanes of at least 4 members (excludes halogenated alkanes) is 1. The summed E-state index contributed by atoms with van der Waals surface area (Å²) in [7, 11) is 0. The summed E-state index contributed by atoms with van der Waals surface area (Å²) in [5.74, 6) is 0. The van der Waals surface area contributed by atoms with Crippen LogP contribution in [0.15, 0.2) is 0 Å². The van der Waals surface area contributed by atoms with Gasteiger partial charge >= 0.3 is 0 Å². The summed E-state index contributed by atoms with van der Waals surface area (Å²) in [5.41, 5.74) is 0. The molecule has 1 aliphatic heterocycles. The topological polar surface area (TPSA) is 21.8 Å². The van der Waals surface area contributed by atoms with Gasteiger partial charge in [0.05, 0.1) is 0 Å². The number of rotatable bonds is 4. The van der Waals surface area contributed by atoms with Gasteiger partial charge in [0, 0.05) is 6.61 Å². The zero-order valence-electron chi connectivity index (χ0n) is 6.09. The van der Waals surface area contributed by atoms with Crippen molar-refractivity contribution in [1.29, 1.82) is 0 Å². The van der Waals surface area contributed by atoms with Crippen LogP contribution in [0.4, 0.5) is 0 Å². The smallest absolute Gasteiger partial charge is 0.184 e. The minimum atomic E-state index is 0.122. The third-order valence-electron chi connectivity index (χ3n) is 1.44. The predicted octanol–water partition coefficient (Wildman–Crippen LogP) is 1.55. The van der Waals surface area contributed by atoms with E-state index >= 15 is 0 Å². The van der Waals surface area contributed by atoms with Crippen LogP contribution < -0.4 is 0 Å². The van der Waals surface area contributed by atoms with Gasteiger partial charge in [-0.2, -0.15) is 0 Å². The second-order valence-electron chi connectivity index (χ2n) is 2.43. The quantitative estimate of drug-likeness (QED) is 0.425. The van der Waals surface area contributed by atoms with Gasteiger partial charge in [-0.05, 0) is 13.3 Å². The van der Waals surface area contributed by atoms with Crippen molar-refractivity contribution >= 4 is 0 Å². The lowest BCUT2D eigenvalue weighted by Gasteiger charge is -1.95. The Labute approximate surface area is 56.2 Å². The van der Waals surface area contributed by atoms with Gasteiger partial charge in [-0.3, -0.25) is 0 Å². The molecule has 1 fully saturated rings. The standard InChI is InChI=1S/C7H14O2/c1-3-4-5-8-7-6(2)9-7/h6-7H,3-5H2,1-2H3. The maximum atomic E-state index is 5.28. The fraction of sp³-hybridized carbons (Fsp3) is 1.00. The van der Waals surface area contributed by atoms with E-state index in [1.807, 2.05) is 6.92 Å². The Kier molecular flexibility index (Phi) is 2.49. The van der Waals surface area contributed by atoms with E-state index in [-0.39, 0.29) is 6.29 Å². The van der Waals surface area contributed by atoms with Crippen LogP contribution in [0.5, 0.6) is 0 Å². The van der Waals surface area contributed by atoms with E-state index in [0.29, 0.717) is 6.10 Å². The lowest BCUT2D eigenvalue weighted by atomic mass is 10.4. The normalized spacial score (nSPS) is 32.7. The van der Waals surface area contributed by atoms with Gasteiger partial charge in [0.15, 0.2) is 6.29 Å². The Morgan fingerprint density at radius 1 is 1.56 bits per heavy atom. The molecule has 9 heavy (non-hydrogen) atoms. The first-order valence-corrected chi connectivity index (χ1v) is 3.61. The average Bonchev–Trinajstić information content (AvgIpc) is 2.48. The Morgan fingerprint density at radius 3 is 2.67 bits per heavy atom. The van der Waals surface area contributed by atoms with Crippen molar-refractivity contribution in [3.05, 3.63) is 0 Å². The third-order valence-corrected chi connectivity index (χ3v) is 1.44. The fourth-order valence-electron chi connectivity index (χ4n) is 0.685. The summed E-state index contributed by atoms with van der Waals surface area (Å²) >= 11 is 0. The van der Waals surface area contributed by atoms with Gasteiger partial charge < -0.3 is 9.47 Å². The Hall–Kier alpha value is -0.0800. The Balaban J connectivity index is 1.83. The molecule has 0 amide bonds. The van der Waals surface area contributed by atoms with Crippen LogP contribution >= 0.6 is 0 Å². The highest BCUT2D eigenvalue weighted by Gasteiger charge is 2.34. The van der Waals surface area contributed by atoms with Crippen molar-refractivity contribution in [1.82, 2.24) is 0 Å². The minimum Gasteiger partial charge on any atom is -0.350 e.